The van der Waals surface area contributed by atoms with Crippen LogP contribution in [0.25, 0.3) is 16.5 Å². The Morgan fingerprint density at radius 1 is 1.17 bits per heavy atom. The number of hydrogen-bond acceptors (Lipinski definition) is 6. The van der Waals surface area contributed by atoms with Crippen LogP contribution in [0.2, 0.25) is 0 Å². The number of ether oxygens (including phenoxy) is 1. The maximum absolute atomic E-state index is 13.5. The van der Waals surface area contributed by atoms with E-state index in [-0.39, 0.29) is 17.6 Å². The Hall–Kier alpha value is -3.65. The number of rotatable bonds is 5. The molecule has 2 aliphatic heterocycles. The van der Waals surface area contributed by atoms with E-state index in [0.717, 1.165) is 42.1 Å². The van der Waals surface area contributed by atoms with Gasteiger partial charge in [0.15, 0.2) is 11.5 Å². The number of piperidine rings is 1. The lowest BCUT2D eigenvalue weighted by molar-refractivity contribution is 0.0874. The fourth-order valence-electron chi connectivity index (χ4n) is 5.84. The van der Waals surface area contributed by atoms with Crippen LogP contribution in [0.15, 0.2) is 41.1 Å². The second-order valence-electron chi connectivity index (χ2n) is 9.70. The summed E-state index contributed by atoms with van der Waals surface area (Å²) in [5.74, 6) is 1.80. The highest BCUT2D eigenvalue weighted by molar-refractivity contribution is 6.07. The number of fused-ring (bicyclic) bond motifs is 4. The van der Waals surface area contributed by atoms with Crippen LogP contribution < -0.4 is 15.4 Å². The number of aryl methyl sites for hydroxylation is 2. The molecule has 4 aromatic rings. The first-order valence-electron chi connectivity index (χ1n) is 12.1. The molecule has 2 fully saturated rings. The zero-order valence-corrected chi connectivity index (χ0v) is 20.1. The second kappa shape index (κ2) is 8.23. The van der Waals surface area contributed by atoms with Gasteiger partial charge in [0.2, 0.25) is 0 Å². The quantitative estimate of drug-likeness (QED) is 0.413. The molecule has 2 bridgehead atoms. The van der Waals surface area contributed by atoms with Crippen LogP contribution in [0.5, 0.6) is 11.5 Å². The second-order valence-corrected chi connectivity index (χ2v) is 9.70. The Labute approximate surface area is 202 Å². The van der Waals surface area contributed by atoms with Gasteiger partial charge >= 0.3 is 0 Å². The van der Waals surface area contributed by atoms with Crippen LogP contribution in [0.4, 0.5) is 0 Å². The number of nitrogens with zero attached hydrogens (tertiary/aromatic N) is 2. The Morgan fingerprint density at radius 2 is 1.94 bits per heavy atom. The number of carbonyl (C=O) groups is 2. The number of furan rings is 1. The fraction of sp³-hybridized carbons (Fsp3) is 0.370. The summed E-state index contributed by atoms with van der Waals surface area (Å²) >= 11 is 0. The third kappa shape index (κ3) is 3.60. The molecule has 8 nitrogen and oxygen atoms in total. The molecule has 2 saturated heterocycles. The van der Waals surface area contributed by atoms with Gasteiger partial charge < -0.3 is 19.8 Å². The van der Waals surface area contributed by atoms with Crippen molar-refractivity contribution in [1.82, 2.24) is 20.2 Å². The third-order valence-electron chi connectivity index (χ3n) is 7.52. The minimum Gasteiger partial charge on any atom is -0.460 e. The Bertz CT molecular complexity index is 1470. The maximum Gasteiger partial charge on any atom is 0.255 e. The Kier molecular flexibility index (Phi) is 5.14. The molecule has 2 atom stereocenters. The lowest BCUT2D eigenvalue weighted by Gasteiger charge is -2.28. The van der Waals surface area contributed by atoms with E-state index in [1.807, 2.05) is 25.3 Å². The number of amides is 1. The van der Waals surface area contributed by atoms with E-state index in [0.29, 0.717) is 46.1 Å². The van der Waals surface area contributed by atoms with Crippen molar-refractivity contribution in [3.8, 4) is 11.5 Å². The van der Waals surface area contributed by atoms with Crippen molar-refractivity contribution in [3.05, 3.63) is 59.1 Å². The lowest BCUT2D eigenvalue weighted by atomic mass is 9.85. The lowest BCUT2D eigenvalue weighted by Crippen LogP contribution is -2.40. The Morgan fingerprint density at radius 3 is 2.69 bits per heavy atom. The first kappa shape index (κ1) is 21.9. The smallest absolute Gasteiger partial charge is 0.255 e. The standard InChI is InChI=1S/C27H28N4O4/c1-14-21(26(32)16-10-17-4-5-18(11-16)30-17)13-31-25(14)22(8-9-29-31)35-19-6-7-20-23(12-19)34-15(2)24(20)27(33)28-3/h6-9,12-13,16-18,30H,4-5,10-11H2,1-3H3,(H,28,33). The minimum absolute atomic E-state index is 0.0494. The van der Waals surface area contributed by atoms with Gasteiger partial charge in [-0.15, -0.1) is 0 Å². The zero-order chi connectivity index (χ0) is 24.3. The molecule has 0 spiro atoms. The van der Waals surface area contributed by atoms with E-state index in [4.69, 9.17) is 9.15 Å². The van der Waals surface area contributed by atoms with E-state index in [2.05, 4.69) is 15.7 Å². The van der Waals surface area contributed by atoms with Crippen LogP contribution in [-0.4, -0.2) is 40.4 Å². The molecule has 8 heteroatoms. The highest BCUT2D eigenvalue weighted by Crippen LogP contribution is 2.37. The van der Waals surface area contributed by atoms with Crippen LogP contribution in [0.1, 0.15) is 57.7 Å². The zero-order valence-electron chi connectivity index (χ0n) is 20.1. The summed E-state index contributed by atoms with van der Waals surface area (Å²) in [6.07, 6.45) is 7.62. The molecule has 0 radical (unpaired) electrons. The largest absolute Gasteiger partial charge is 0.460 e. The monoisotopic (exact) mass is 472 g/mol. The summed E-state index contributed by atoms with van der Waals surface area (Å²) in [4.78, 5) is 25.7. The number of ketones is 1. The number of aromatic nitrogens is 2. The summed E-state index contributed by atoms with van der Waals surface area (Å²) in [6.45, 7) is 3.73. The SMILES string of the molecule is CNC(=O)c1c(C)oc2cc(Oc3ccnn4cc(C(=O)C5CC6CCC(C5)N6)c(C)c34)ccc12. The topological polar surface area (TPSA) is 97.9 Å². The van der Waals surface area contributed by atoms with E-state index in [1.165, 1.54) is 0 Å². The van der Waals surface area contributed by atoms with Crippen LogP contribution in [0.3, 0.4) is 0 Å². The predicted octanol–water partition coefficient (Wildman–Crippen LogP) is 4.56. The number of benzene rings is 1. The number of hydrogen-bond donors (Lipinski definition) is 2. The summed E-state index contributed by atoms with van der Waals surface area (Å²) in [7, 11) is 1.60. The molecule has 0 saturated carbocycles. The van der Waals surface area contributed by atoms with E-state index >= 15 is 0 Å². The van der Waals surface area contributed by atoms with Crippen LogP contribution in [-0.2, 0) is 0 Å². The number of carbonyl (C=O) groups excluding carboxylic acids is 2. The molecular weight excluding hydrogens is 444 g/mol. The van der Waals surface area contributed by atoms with Gasteiger partial charge in [0.25, 0.3) is 5.91 Å². The summed E-state index contributed by atoms with van der Waals surface area (Å²) in [6, 6.07) is 8.14. The molecule has 1 aromatic carbocycles. The summed E-state index contributed by atoms with van der Waals surface area (Å²) in [5.41, 5.74) is 3.46. The molecule has 35 heavy (non-hydrogen) atoms. The fourth-order valence-corrected chi connectivity index (χ4v) is 5.84. The van der Waals surface area contributed by atoms with Crippen molar-refractivity contribution in [2.75, 3.05) is 7.05 Å². The molecule has 2 N–H and O–H groups in total. The molecule has 2 unspecified atom stereocenters. The normalized spacial score (nSPS) is 21.5. The van der Waals surface area contributed by atoms with Crippen molar-refractivity contribution in [3.63, 3.8) is 0 Å². The highest BCUT2D eigenvalue weighted by atomic mass is 16.5. The molecule has 1 amide bonds. The predicted molar refractivity (Wildman–Crippen MR) is 131 cm³/mol. The van der Waals surface area contributed by atoms with Gasteiger partial charge in [-0.3, -0.25) is 9.59 Å². The molecule has 3 aromatic heterocycles. The molecule has 2 aliphatic rings. The van der Waals surface area contributed by atoms with Crippen molar-refractivity contribution in [1.29, 1.82) is 0 Å². The molecule has 6 rings (SSSR count). The molecule has 180 valence electrons. The van der Waals surface area contributed by atoms with Crippen molar-refractivity contribution < 1.29 is 18.7 Å². The van der Waals surface area contributed by atoms with Crippen LogP contribution in [0, 0.1) is 19.8 Å². The first-order chi connectivity index (χ1) is 16.9. The van der Waals surface area contributed by atoms with Gasteiger partial charge in [0, 0.05) is 54.3 Å². The average Bonchev–Trinajstić information content (AvgIpc) is 3.49. The summed E-state index contributed by atoms with van der Waals surface area (Å²) in [5, 5.41) is 11.4. The van der Waals surface area contributed by atoms with Crippen LogP contribution >= 0.6 is 0 Å². The van der Waals surface area contributed by atoms with Crippen molar-refractivity contribution in [2.45, 2.75) is 51.6 Å². The Balaban J connectivity index is 1.33. The summed E-state index contributed by atoms with van der Waals surface area (Å²) < 4.78 is 13.8. The average molecular weight is 473 g/mol. The van der Waals surface area contributed by atoms with Gasteiger partial charge in [-0.05, 0) is 57.2 Å². The number of Topliss-reactive ketones (excluding diaryl/α,β-unsaturated/α-hetero) is 1. The van der Waals surface area contributed by atoms with Gasteiger partial charge in [0.05, 0.1) is 11.8 Å². The minimum atomic E-state index is -0.187. The van der Waals surface area contributed by atoms with Crippen molar-refractivity contribution >= 4 is 28.2 Å². The van der Waals surface area contributed by atoms with Gasteiger partial charge in [-0.25, -0.2) is 4.52 Å². The third-order valence-corrected chi connectivity index (χ3v) is 7.52. The highest BCUT2D eigenvalue weighted by Gasteiger charge is 2.37. The van der Waals surface area contributed by atoms with E-state index in [9.17, 15) is 9.59 Å². The molecule has 5 heterocycles. The van der Waals surface area contributed by atoms with E-state index < -0.39 is 0 Å². The van der Waals surface area contributed by atoms with Crippen molar-refractivity contribution in [2.24, 2.45) is 5.92 Å². The van der Waals surface area contributed by atoms with E-state index in [1.54, 1.807) is 36.8 Å². The molecular formula is C27H28N4O4. The van der Waals surface area contributed by atoms with Gasteiger partial charge in [0.1, 0.15) is 22.6 Å². The number of nitrogens with one attached hydrogen (secondary N) is 2. The van der Waals surface area contributed by atoms with Gasteiger partial charge in [-0.2, -0.15) is 5.10 Å². The maximum atomic E-state index is 13.5. The van der Waals surface area contributed by atoms with Gasteiger partial charge in [-0.1, -0.05) is 0 Å². The molecule has 0 aliphatic carbocycles. The first-order valence-corrected chi connectivity index (χ1v) is 12.1.